The number of aliphatic hydroxyl groups is 1. The Morgan fingerprint density at radius 1 is 1.33 bits per heavy atom. The average molecular weight is 280 g/mol. The van der Waals surface area contributed by atoms with Gasteiger partial charge in [-0.2, -0.15) is 0 Å². The molecule has 0 saturated carbocycles. The summed E-state index contributed by atoms with van der Waals surface area (Å²) >= 11 is 0. The Bertz CT molecular complexity index is 685. The van der Waals surface area contributed by atoms with E-state index in [4.69, 9.17) is 5.11 Å². The van der Waals surface area contributed by atoms with Gasteiger partial charge in [-0.3, -0.25) is 9.78 Å². The fourth-order valence-electron chi connectivity index (χ4n) is 1.87. The van der Waals surface area contributed by atoms with Crippen molar-refractivity contribution in [2.45, 2.75) is 13.3 Å². The van der Waals surface area contributed by atoms with Gasteiger partial charge in [-0.05, 0) is 36.8 Å². The summed E-state index contributed by atoms with van der Waals surface area (Å²) in [6.45, 7) is 1.73. The number of nitrogens with one attached hydrogen (secondary N) is 1. The van der Waals surface area contributed by atoms with Crippen molar-refractivity contribution in [3.8, 4) is 11.8 Å². The van der Waals surface area contributed by atoms with Gasteiger partial charge in [-0.1, -0.05) is 24.0 Å². The summed E-state index contributed by atoms with van der Waals surface area (Å²) in [5.41, 5.74) is 3.09. The minimum absolute atomic E-state index is 0.149. The van der Waals surface area contributed by atoms with Gasteiger partial charge in [0.05, 0.1) is 12.1 Å². The van der Waals surface area contributed by atoms with Crippen LogP contribution in [0, 0.1) is 18.8 Å². The molecule has 0 unspecified atom stereocenters. The molecular formula is C17H16N2O2. The Hall–Kier alpha value is -2.64. The minimum Gasteiger partial charge on any atom is -0.384 e. The van der Waals surface area contributed by atoms with Crippen molar-refractivity contribution in [1.82, 2.24) is 4.98 Å². The Morgan fingerprint density at radius 3 is 2.90 bits per heavy atom. The smallest absolute Gasteiger partial charge is 0.230 e. The lowest BCUT2D eigenvalue weighted by Crippen LogP contribution is -2.16. The van der Waals surface area contributed by atoms with Crippen LogP contribution < -0.4 is 5.32 Å². The molecule has 0 aliphatic rings. The predicted octanol–water partition coefficient (Wildman–Crippen LogP) is 1.92. The van der Waals surface area contributed by atoms with Crippen molar-refractivity contribution in [1.29, 1.82) is 0 Å². The van der Waals surface area contributed by atoms with Crippen LogP contribution in [0.15, 0.2) is 42.6 Å². The Kier molecular flexibility index (Phi) is 5.08. The van der Waals surface area contributed by atoms with E-state index in [1.165, 1.54) is 0 Å². The van der Waals surface area contributed by atoms with E-state index < -0.39 is 0 Å². The molecule has 1 heterocycles. The Labute approximate surface area is 123 Å². The summed E-state index contributed by atoms with van der Waals surface area (Å²) < 4.78 is 0. The number of hydrogen-bond donors (Lipinski definition) is 2. The van der Waals surface area contributed by atoms with Crippen LogP contribution in [0.4, 0.5) is 5.69 Å². The molecule has 0 aliphatic carbocycles. The van der Waals surface area contributed by atoms with E-state index in [9.17, 15) is 4.79 Å². The molecule has 0 bridgehead atoms. The van der Waals surface area contributed by atoms with Crippen LogP contribution in [0.2, 0.25) is 0 Å². The molecule has 0 saturated heterocycles. The summed E-state index contributed by atoms with van der Waals surface area (Å²) in [5.74, 6) is 5.29. The molecule has 1 aromatic carbocycles. The molecule has 0 fully saturated rings. The fourth-order valence-corrected chi connectivity index (χ4v) is 1.87. The number of benzene rings is 1. The van der Waals surface area contributed by atoms with Crippen LogP contribution in [0.1, 0.15) is 16.8 Å². The van der Waals surface area contributed by atoms with Crippen molar-refractivity contribution in [3.63, 3.8) is 0 Å². The zero-order chi connectivity index (χ0) is 15.1. The van der Waals surface area contributed by atoms with E-state index in [-0.39, 0.29) is 18.9 Å². The Balaban J connectivity index is 2.13. The number of nitrogens with zero attached hydrogens (tertiary/aromatic N) is 1. The highest BCUT2D eigenvalue weighted by molar-refractivity contribution is 5.93. The summed E-state index contributed by atoms with van der Waals surface area (Å²) in [7, 11) is 0. The SMILES string of the molecule is Cc1ccc(NC(=O)Cc2ccccn2)c(C#CCO)c1. The van der Waals surface area contributed by atoms with Gasteiger partial charge in [0, 0.05) is 17.5 Å². The van der Waals surface area contributed by atoms with E-state index >= 15 is 0 Å². The van der Waals surface area contributed by atoms with Crippen LogP contribution in [-0.2, 0) is 11.2 Å². The second kappa shape index (κ2) is 7.22. The van der Waals surface area contributed by atoms with Gasteiger partial charge in [0.15, 0.2) is 0 Å². The number of aromatic nitrogens is 1. The zero-order valence-corrected chi connectivity index (χ0v) is 11.8. The van der Waals surface area contributed by atoms with E-state index in [0.717, 1.165) is 5.56 Å². The monoisotopic (exact) mass is 280 g/mol. The van der Waals surface area contributed by atoms with E-state index in [1.54, 1.807) is 12.3 Å². The van der Waals surface area contributed by atoms with Crippen LogP contribution >= 0.6 is 0 Å². The summed E-state index contributed by atoms with van der Waals surface area (Å²) in [6.07, 6.45) is 1.87. The van der Waals surface area contributed by atoms with Crippen LogP contribution in [0.5, 0.6) is 0 Å². The maximum atomic E-state index is 12.0. The fraction of sp³-hybridized carbons (Fsp3) is 0.176. The molecule has 1 amide bonds. The van der Waals surface area contributed by atoms with Crippen LogP contribution in [0.3, 0.4) is 0 Å². The number of aliphatic hydroxyl groups excluding tert-OH is 1. The van der Waals surface area contributed by atoms with Gasteiger partial charge in [0.2, 0.25) is 5.91 Å². The van der Waals surface area contributed by atoms with E-state index in [1.807, 2.05) is 37.3 Å². The van der Waals surface area contributed by atoms with Crippen molar-refractivity contribution in [2.24, 2.45) is 0 Å². The number of amides is 1. The third-order valence-electron chi connectivity index (χ3n) is 2.82. The number of hydrogen-bond acceptors (Lipinski definition) is 3. The first-order valence-electron chi connectivity index (χ1n) is 6.59. The van der Waals surface area contributed by atoms with Crippen LogP contribution in [-0.4, -0.2) is 22.6 Å². The topological polar surface area (TPSA) is 62.2 Å². The van der Waals surface area contributed by atoms with Crippen molar-refractivity contribution >= 4 is 11.6 Å². The molecule has 106 valence electrons. The lowest BCUT2D eigenvalue weighted by atomic mass is 10.1. The zero-order valence-electron chi connectivity index (χ0n) is 11.8. The van der Waals surface area contributed by atoms with E-state index in [0.29, 0.717) is 16.9 Å². The maximum Gasteiger partial charge on any atom is 0.230 e. The van der Waals surface area contributed by atoms with Gasteiger partial charge in [-0.15, -0.1) is 0 Å². The highest BCUT2D eigenvalue weighted by atomic mass is 16.2. The molecule has 4 nitrogen and oxygen atoms in total. The van der Waals surface area contributed by atoms with Gasteiger partial charge in [0.1, 0.15) is 6.61 Å². The first-order chi connectivity index (χ1) is 10.2. The summed E-state index contributed by atoms with van der Waals surface area (Å²) in [6, 6.07) is 11.1. The number of rotatable bonds is 3. The first kappa shape index (κ1) is 14.8. The largest absolute Gasteiger partial charge is 0.384 e. The lowest BCUT2D eigenvalue weighted by Gasteiger charge is -2.08. The molecule has 1 aromatic heterocycles. The van der Waals surface area contributed by atoms with E-state index in [2.05, 4.69) is 22.1 Å². The molecular weight excluding hydrogens is 264 g/mol. The molecule has 0 aliphatic heterocycles. The van der Waals surface area contributed by atoms with Gasteiger partial charge >= 0.3 is 0 Å². The molecule has 2 N–H and O–H groups in total. The second-order valence-corrected chi connectivity index (χ2v) is 4.55. The Morgan fingerprint density at radius 2 is 2.19 bits per heavy atom. The van der Waals surface area contributed by atoms with Gasteiger partial charge in [-0.25, -0.2) is 0 Å². The molecule has 0 atom stereocenters. The molecule has 2 rings (SSSR count). The van der Waals surface area contributed by atoms with Crippen molar-refractivity contribution < 1.29 is 9.90 Å². The summed E-state index contributed by atoms with van der Waals surface area (Å²) in [5, 5.41) is 11.6. The second-order valence-electron chi connectivity index (χ2n) is 4.55. The first-order valence-corrected chi connectivity index (χ1v) is 6.59. The number of carbonyl (C=O) groups excluding carboxylic acids is 1. The maximum absolute atomic E-state index is 12.0. The lowest BCUT2D eigenvalue weighted by molar-refractivity contribution is -0.115. The molecule has 4 heteroatoms. The predicted molar refractivity (Wildman–Crippen MR) is 81.7 cm³/mol. The third kappa shape index (κ3) is 4.44. The molecule has 2 aromatic rings. The van der Waals surface area contributed by atoms with Gasteiger partial charge in [0.25, 0.3) is 0 Å². The normalized spacial score (nSPS) is 9.62. The number of aryl methyl sites for hydroxylation is 1. The minimum atomic E-state index is -0.213. The standard InChI is InChI=1S/C17H16N2O2/c1-13-7-8-16(14(11-13)5-4-10-20)19-17(21)12-15-6-2-3-9-18-15/h2-3,6-9,11,20H,10,12H2,1H3,(H,19,21). The molecule has 0 radical (unpaired) electrons. The van der Waals surface area contributed by atoms with Crippen molar-refractivity contribution in [2.75, 3.05) is 11.9 Å². The van der Waals surface area contributed by atoms with Crippen LogP contribution in [0.25, 0.3) is 0 Å². The average Bonchev–Trinajstić information content (AvgIpc) is 2.48. The number of pyridine rings is 1. The number of carbonyl (C=O) groups is 1. The number of anilines is 1. The molecule has 0 spiro atoms. The quantitative estimate of drug-likeness (QED) is 0.844. The third-order valence-corrected chi connectivity index (χ3v) is 2.82. The highest BCUT2D eigenvalue weighted by Gasteiger charge is 2.07. The molecule has 21 heavy (non-hydrogen) atoms. The summed E-state index contributed by atoms with van der Waals surface area (Å²) in [4.78, 5) is 16.2. The van der Waals surface area contributed by atoms with Gasteiger partial charge < -0.3 is 10.4 Å². The highest BCUT2D eigenvalue weighted by Crippen LogP contribution is 2.16. The van der Waals surface area contributed by atoms with Crippen molar-refractivity contribution in [3.05, 3.63) is 59.4 Å².